The van der Waals surface area contributed by atoms with Crippen molar-refractivity contribution in [3.63, 3.8) is 0 Å². The van der Waals surface area contributed by atoms with Crippen molar-refractivity contribution < 1.29 is 9.59 Å². The van der Waals surface area contributed by atoms with E-state index in [4.69, 9.17) is 0 Å². The Balaban J connectivity index is 2.69. The number of nitrogens with zero attached hydrogens (tertiary/aromatic N) is 2. The van der Waals surface area contributed by atoms with E-state index in [0.717, 1.165) is 0 Å². The lowest BCUT2D eigenvalue weighted by Gasteiger charge is -2.19. The van der Waals surface area contributed by atoms with Crippen LogP contribution in [0.4, 0.5) is 4.79 Å². The number of hydrogen-bond acceptors (Lipinski definition) is 2. The summed E-state index contributed by atoms with van der Waals surface area (Å²) in [6, 6.07) is -0.234. The van der Waals surface area contributed by atoms with Gasteiger partial charge in [-0.05, 0) is 5.92 Å². The zero-order valence-corrected chi connectivity index (χ0v) is 11.2. The molecule has 0 unspecified atom stereocenters. The van der Waals surface area contributed by atoms with Crippen molar-refractivity contribution in [3.05, 3.63) is 0 Å². The molecule has 14 heavy (non-hydrogen) atoms. The van der Waals surface area contributed by atoms with Crippen LogP contribution in [0.3, 0.4) is 0 Å². The van der Waals surface area contributed by atoms with Gasteiger partial charge in [-0.25, -0.2) is 9.69 Å². The highest BCUT2D eigenvalue weighted by Gasteiger charge is 2.38. The van der Waals surface area contributed by atoms with Gasteiger partial charge in [0.15, 0.2) is 3.86 Å². The predicted octanol–water partition coefficient (Wildman–Crippen LogP) is 1.98. The molecule has 0 aromatic heterocycles. The topological polar surface area (TPSA) is 40.6 Å². The normalized spacial score (nSPS) is 17.9. The molecule has 0 N–H and O–H groups in total. The van der Waals surface area contributed by atoms with E-state index in [1.807, 2.05) is 13.8 Å². The van der Waals surface area contributed by atoms with Gasteiger partial charge in [0.25, 0.3) is 5.91 Å². The zero-order valence-electron chi connectivity index (χ0n) is 8.04. The number of amides is 3. The Hall–Kier alpha value is -0.100. The van der Waals surface area contributed by atoms with Crippen LogP contribution in [0.1, 0.15) is 13.8 Å². The van der Waals surface area contributed by atoms with Crippen molar-refractivity contribution in [2.45, 2.75) is 17.7 Å². The second kappa shape index (κ2) is 4.61. The molecule has 3 amide bonds. The molecule has 0 aliphatic carbocycles. The molecule has 0 radical (unpaired) electrons. The molecule has 0 aromatic rings. The van der Waals surface area contributed by atoms with Crippen LogP contribution in [0.25, 0.3) is 0 Å². The molecule has 6 heteroatoms. The van der Waals surface area contributed by atoms with Crippen LogP contribution in [-0.2, 0) is 4.79 Å². The van der Waals surface area contributed by atoms with E-state index in [0.29, 0.717) is 12.5 Å². The minimum absolute atomic E-state index is 0.172. The summed E-state index contributed by atoms with van der Waals surface area (Å²) in [5.41, 5.74) is 0. The number of hydrogen-bond donors (Lipinski definition) is 0. The van der Waals surface area contributed by atoms with Crippen molar-refractivity contribution in [1.29, 1.82) is 0 Å². The van der Waals surface area contributed by atoms with E-state index >= 15 is 0 Å². The third kappa shape index (κ3) is 2.48. The first-order chi connectivity index (χ1) is 6.43. The first-order valence-electron chi connectivity index (χ1n) is 4.32. The first kappa shape index (κ1) is 12.0. The van der Waals surface area contributed by atoms with E-state index in [2.05, 4.69) is 31.9 Å². The SMILES string of the molecule is CC(C)CN1CC(=O)N(C(Br)Br)C1=O. The van der Waals surface area contributed by atoms with E-state index in [-0.39, 0.29) is 18.5 Å². The predicted molar refractivity (Wildman–Crippen MR) is 60.3 cm³/mol. The zero-order chi connectivity index (χ0) is 10.9. The highest BCUT2D eigenvalue weighted by Crippen LogP contribution is 2.22. The molecule has 0 spiro atoms. The van der Waals surface area contributed by atoms with Crippen molar-refractivity contribution in [1.82, 2.24) is 9.80 Å². The Labute approximate surface area is 99.9 Å². The highest BCUT2D eigenvalue weighted by molar-refractivity contribution is 9.24. The van der Waals surface area contributed by atoms with Crippen LogP contribution in [-0.4, -0.2) is 38.7 Å². The molecule has 4 nitrogen and oxygen atoms in total. The van der Waals surface area contributed by atoms with Crippen molar-refractivity contribution in [2.24, 2.45) is 5.92 Å². The van der Waals surface area contributed by atoms with E-state index in [9.17, 15) is 9.59 Å². The van der Waals surface area contributed by atoms with Gasteiger partial charge < -0.3 is 4.90 Å². The third-order valence-electron chi connectivity index (χ3n) is 1.85. The molecule has 1 aliphatic heterocycles. The fraction of sp³-hybridized carbons (Fsp3) is 0.750. The fourth-order valence-corrected chi connectivity index (χ4v) is 2.15. The molecule has 0 saturated carbocycles. The molecule has 1 rings (SSSR count). The summed E-state index contributed by atoms with van der Waals surface area (Å²) in [7, 11) is 0. The molecule has 0 atom stereocenters. The summed E-state index contributed by atoms with van der Waals surface area (Å²) in [5, 5.41) is 0. The van der Waals surface area contributed by atoms with Gasteiger partial charge in [0.1, 0.15) is 6.54 Å². The maximum atomic E-state index is 11.7. The van der Waals surface area contributed by atoms with Gasteiger partial charge in [-0.1, -0.05) is 45.7 Å². The molecule has 1 aliphatic rings. The van der Waals surface area contributed by atoms with Crippen LogP contribution in [0.5, 0.6) is 0 Å². The average Bonchev–Trinajstić information content (AvgIpc) is 2.25. The lowest BCUT2D eigenvalue weighted by atomic mass is 10.2. The number of urea groups is 1. The minimum atomic E-state index is -0.410. The minimum Gasteiger partial charge on any atom is -0.315 e. The molecule has 0 bridgehead atoms. The average molecular weight is 328 g/mol. The van der Waals surface area contributed by atoms with Gasteiger partial charge in [-0.3, -0.25) is 4.79 Å². The Morgan fingerprint density at radius 2 is 1.93 bits per heavy atom. The van der Waals surface area contributed by atoms with Crippen LogP contribution in [0.2, 0.25) is 0 Å². The first-order valence-corrected chi connectivity index (χ1v) is 6.15. The standard InChI is InChI=1S/C8H12Br2N2O2/c1-5(2)3-11-4-6(13)12(7(9)10)8(11)14/h5,7H,3-4H2,1-2H3. The number of alkyl halides is 2. The number of carbonyl (C=O) groups is 2. The maximum absolute atomic E-state index is 11.7. The van der Waals surface area contributed by atoms with Gasteiger partial charge in [0, 0.05) is 6.54 Å². The Kier molecular flexibility index (Phi) is 3.94. The number of carbonyl (C=O) groups excluding carboxylic acids is 2. The molecule has 1 heterocycles. The van der Waals surface area contributed by atoms with Gasteiger partial charge in [0.2, 0.25) is 0 Å². The lowest BCUT2D eigenvalue weighted by Crippen LogP contribution is -2.36. The molecule has 80 valence electrons. The van der Waals surface area contributed by atoms with Crippen LogP contribution >= 0.6 is 31.9 Å². The van der Waals surface area contributed by atoms with Crippen molar-refractivity contribution in [3.8, 4) is 0 Å². The number of rotatable bonds is 3. The summed E-state index contributed by atoms with van der Waals surface area (Å²) in [6.45, 7) is 4.83. The third-order valence-corrected chi connectivity index (χ3v) is 2.67. The van der Waals surface area contributed by atoms with Gasteiger partial charge in [-0.2, -0.15) is 0 Å². The molecule has 1 saturated heterocycles. The smallest absolute Gasteiger partial charge is 0.315 e. The summed E-state index contributed by atoms with van der Waals surface area (Å²) in [6.07, 6.45) is 0. The molecule has 1 fully saturated rings. The second-order valence-corrected chi connectivity index (χ2v) is 6.56. The number of halogens is 2. The molecule has 0 aromatic carbocycles. The Morgan fingerprint density at radius 3 is 2.29 bits per heavy atom. The van der Waals surface area contributed by atoms with E-state index in [1.54, 1.807) is 4.90 Å². The van der Waals surface area contributed by atoms with Crippen LogP contribution < -0.4 is 0 Å². The summed E-state index contributed by atoms with van der Waals surface area (Å²) < 4.78 is -0.410. The van der Waals surface area contributed by atoms with Gasteiger partial charge in [-0.15, -0.1) is 0 Å². The Bertz CT molecular complexity index is 256. The fourth-order valence-electron chi connectivity index (χ4n) is 1.34. The van der Waals surface area contributed by atoms with Gasteiger partial charge >= 0.3 is 6.03 Å². The van der Waals surface area contributed by atoms with Crippen LogP contribution in [0, 0.1) is 5.92 Å². The summed E-state index contributed by atoms with van der Waals surface area (Å²) in [4.78, 5) is 25.8. The van der Waals surface area contributed by atoms with Gasteiger partial charge in [0.05, 0.1) is 0 Å². The monoisotopic (exact) mass is 326 g/mol. The number of imide groups is 1. The lowest BCUT2D eigenvalue weighted by molar-refractivity contribution is -0.124. The second-order valence-electron chi connectivity index (χ2n) is 3.60. The Morgan fingerprint density at radius 1 is 1.36 bits per heavy atom. The molecular weight excluding hydrogens is 316 g/mol. The quantitative estimate of drug-likeness (QED) is 0.452. The maximum Gasteiger partial charge on any atom is 0.328 e. The largest absolute Gasteiger partial charge is 0.328 e. The van der Waals surface area contributed by atoms with E-state index < -0.39 is 3.86 Å². The summed E-state index contributed by atoms with van der Waals surface area (Å²) in [5.74, 6) is 0.199. The molecular formula is C8H12Br2N2O2. The summed E-state index contributed by atoms with van der Waals surface area (Å²) >= 11 is 6.30. The highest BCUT2D eigenvalue weighted by atomic mass is 79.9. The van der Waals surface area contributed by atoms with Crippen molar-refractivity contribution >= 4 is 43.8 Å². The van der Waals surface area contributed by atoms with E-state index in [1.165, 1.54) is 4.90 Å². The van der Waals surface area contributed by atoms with Crippen LogP contribution in [0.15, 0.2) is 0 Å². The van der Waals surface area contributed by atoms with Crippen molar-refractivity contribution in [2.75, 3.05) is 13.1 Å².